The van der Waals surface area contributed by atoms with Gasteiger partial charge >= 0.3 is 12.4 Å². The molecule has 12 aromatic rings. The number of fused-ring (bicyclic) bond motifs is 14. The Morgan fingerprint density at radius 3 is 1.38 bits per heavy atom. The summed E-state index contributed by atoms with van der Waals surface area (Å²) in [6, 6.07) is 44.4. The molecule has 60 heavy (non-hydrogen) atoms. The summed E-state index contributed by atoms with van der Waals surface area (Å²) >= 11 is 0. The number of para-hydroxylation sites is 4. The van der Waals surface area contributed by atoms with E-state index in [1.165, 1.54) is 12.1 Å². The molecule has 0 N–H and O–H groups in total. The third-order valence-corrected chi connectivity index (χ3v) is 11.8. The lowest BCUT2D eigenvalue weighted by Gasteiger charge is -2.22. The van der Waals surface area contributed by atoms with Gasteiger partial charge in [-0.15, -0.1) is 0 Å². The zero-order chi connectivity index (χ0) is 40.7. The second-order valence-electron chi connectivity index (χ2n) is 15.0. The molecule has 0 saturated heterocycles. The van der Waals surface area contributed by atoms with Crippen LogP contribution < -0.4 is 0 Å². The zero-order valence-electron chi connectivity index (χ0n) is 31.0. The average Bonchev–Trinajstić information content (AvgIpc) is 4.00. The van der Waals surface area contributed by atoms with Crippen molar-refractivity contribution < 1.29 is 35.2 Å². The highest BCUT2D eigenvalue weighted by Gasteiger charge is 2.37. The van der Waals surface area contributed by atoms with Crippen molar-refractivity contribution in [3.8, 4) is 22.5 Å². The van der Waals surface area contributed by atoms with Gasteiger partial charge in [0, 0.05) is 32.3 Å². The molecule has 4 nitrogen and oxygen atoms in total. The number of furan rings is 2. The third-order valence-electron chi connectivity index (χ3n) is 11.8. The summed E-state index contributed by atoms with van der Waals surface area (Å²) in [5.74, 6) is 0. The molecule has 4 heterocycles. The van der Waals surface area contributed by atoms with Crippen molar-refractivity contribution in [1.82, 2.24) is 9.13 Å². The van der Waals surface area contributed by atoms with Gasteiger partial charge in [0.15, 0.2) is 0 Å². The number of hydrogen-bond acceptors (Lipinski definition) is 2. The molecule has 10 heteroatoms. The Balaban J connectivity index is 1.34. The SMILES string of the molecule is FC(F)(F)c1cccc(-c2cc(-n3c4ccccc4c4ccc5oc6ccccc6c5c43)c(-n3c4ccccc4c4ccc5oc6ccccc6c5c43)cc2C(F)(F)F)c1. The fraction of sp³-hybridized carbons (Fsp3) is 0.0400. The summed E-state index contributed by atoms with van der Waals surface area (Å²) in [5.41, 5.74) is 2.68. The van der Waals surface area contributed by atoms with Crippen LogP contribution in [0.2, 0.25) is 0 Å². The van der Waals surface area contributed by atoms with E-state index in [9.17, 15) is 13.2 Å². The van der Waals surface area contributed by atoms with Crippen molar-refractivity contribution >= 4 is 87.5 Å². The number of halogens is 6. The van der Waals surface area contributed by atoms with Gasteiger partial charge in [0.2, 0.25) is 0 Å². The molecule has 4 aromatic heterocycles. The molecule has 12 rings (SSSR count). The van der Waals surface area contributed by atoms with Gasteiger partial charge in [0.25, 0.3) is 0 Å². The van der Waals surface area contributed by atoms with Crippen LogP contribution in [0.25, 0.3) is 110 Å². The molecule has 0 fully saturated rings. The summed E-state index contributed by atoms with van der Waals surface area (Å²) in [5, 5.41) is 6.28. The van der Waals surface area contributed by atoms with Gasteiger partial charge in [-0.3, -0.25) is 0 Å². The van der Waals surface area contributed by atoms with E-state index >= 15 is 13.2 Å². The van der Waals surface area contributed by atoms with E-state index in [4.69, 9.17) is 8.83 Å². The predicted molar refractivity (Wildman–Crippen MR) is 225 cm³/mol. The van der Waals surface area contributed by atoms with Crippen LogP contribution in [0, 0.1) is 0 Å². The topological polar surface area (TPSA) is 36.1 Å². The molecule has 0 radical (unpaired) electrons. The molecule has 0 aliphatic rings. The Labute approximate surface area is 334 Å². The number of benzene rings is 8. The highest BCUT2D eigenvalue weighted by Crippen LogP contribution is 2.48. The monoisotopic (exact) mass is 800 g/mol. The van der Waals surface area contributed by atoms with Crippen molar-refractivity contribution in [2.75, 3.05) is 0 Å². The first kappa shape index (κ1) is 34.6. The van der Waals surface area contributed by atoms with Crippen LogP contribution in [0.15, 0.2) is 167 Å². The molecule has 290 valence electrons. The lowest BCUT2D eigenvalue weighted by molar-refractivity contribution is -0.137. The minimum absolute atomic E-state index is 0.162. The van der Waals surface area contributed by atoms with Crippen molar-refractivity contribution in [2.24, 2.45) is 0 Å². The number of rotatable bonds is 3. The summed E-state index contributed by atoms with van der Waals surface area (Å²) in [6.07, 6.45) is -9.78. The quantitative estimate of drug-likeness (QED) is 0.167. The Morgan fingerprint density at radius 1 is 0.383 bits per heavy atom. The highest BCUT2D eigenvalue weighted by atomic mass is 19.4. The molecule has 0 aliphatic heterocycles. The van der Waals surface area contributed by atoms with Crippen molar-refractivity contribution in [2.45, 2.75) is 12.4 Å². The van der Waals surface area contributed by atoms with Crippen LogP contribution in [0.3, 0.4) is 0 Å². The molecular weight excluding hydrogens is 775 g/mol. The van der Waals surface area contributed by atoms with Gasteiger partial charge in [0.05, 0.1) is 55.3 Å². The fourth-order valence-electron chi connectivity index (χ4n) is 9.30. The van der Waals surface area contributed by atoms with Crippen LogP contribution in [0.5, 0.6) is 0 Å². The molecule has 0 saturated carbocycles. The van der Waals surface area contributed by atoms with Gasteiger partial charge in [-0.05, 0) is 83.9 Å². The number of hydrogen-bond donors (Lipinski definition) is 0. The van der Waals surface area contributed by atoms with E-state index in [2.05, 4.69) is 0 Å². The summed E-state index contributed by atoms with van der Waals surface area (Å²) in [6.45, 7) is 0. The van der Waals surface area contributed by atoms with Gasteiger partial charge in [0.1, 0.15) is 22.3 Å². The van der Waals surface area contributed by atoms with E-state index in [-0.39, 0.29) is 11.3 Å². The van der Waals surface area contributed by atoms with Crippen molar-refractivity contribution in [1.29, 1.82) is 0 Å². The Kier molecular flexibility index (Phi) is 6.94. The number of aromatic nitrogens is 2. The van der Waals surface area contributed by atoms with Crippen LogP contribution in [0.1, 0.15) is 11.1 Å². The average molecular weight is 801 g/mol. The number of alkyl halides is 6. The summed E-state index contributed by atoms with van der Waals surface area (Å²) in [4.78, 5) is 0. The van der Waals surface area contributed by atoms with Gasteiger partial charge in [-0.25, -0.2) is 0 Å². The second-order valence-corrected chi connectivity index (χ2v) is 15.0. The van der Waals surface area contributed by atoms with E-state index < -0.39 is 29.0 Å². The molecule has 0 bridgehead atoms. The van der Waals surface area contributed by atoms with Crippen molar-refractivity contribution in [3.05, 3.63) is 169 Å². The van der Waals surface area contributed by atoms with Gasteiger partial charge in [-0.2, -0.15) is 26.3 Å². The van der Waals surface area contributed by atoms with E-state index in [0.29, 0.717) is 55.5 Å². The molecule has 0 aliphatic carbocycles. The Hall–Kier alpha value is -7.46. The van der Waals surface area contributed by atoms with Crippen LogP contribution in [-0.4, -0.2) is 9.13 Å². The van der Waals surface area contributed by atoms with Crippen LogP contribution in [0.4, 0.5) is 26.3 Å². The maximum atomic E-state index is 15.8. The number of nitrogens with zero attached hydrogens (tertiary/aromatic N) is 2. The van der Waals surface area contributed by atoms with E-state index in [1.54, 1.807) is 0 Å². The summed E-state index contributed by atoms with van der Waals surface area (Å²) < 4.78 is 107. The van der Waals surface area contributed by atoms with E-state index in [1.807, 2.05) is 130 Å². The standard InChI is InChI=1S/C50H26F6N2O2/c51-49(52,53)28-11-9-10-27(24-28)35-25-39(57-37-16-5-1-12-29(37)31-20-22-43-45(47(31)57)33-14-3-7-18-41(33)59-43)40(26-36(35)50(54,55)56)58-38-17-6-2-13-30(38)32-21-23-44-46(48(32)58)34-15-4-8-19-42(34)60-44/h1-26H. The second kappa shape index (κ2) is 12.0. The smallest absolute Gasteiger partial charge is 0.417 e. The van der Waals surface area contributed by atoms with Crippen molar-refractivity contribution in [3.63, 3.8) is 0 Å². The zero-order valence-corrected chi connectivity index (χ0v) is 31.0. The Bertz CT molecular complexity index is 3770. The van der Waals surface area contributed by atoms with Crippen LogP contribution in [-0.2, 0) is 12.4 Å². The molecule has 0 amide bonds. The van der Waals surface area contributed by atoms with E-state index in [0.717, 1.165) is 62.0 Å². The lowest BCUT2D eigenvalue weighted by atomic mass is 9.95. The normalized spacial score (nSPS) is 12.8. The maximum Gasteiger partial charge on any atom is 0.417 e. The summed E-state index contributed by atoms with van der Waals surface area (Å²) in [7, 11) is 0. The third kappa shape index (κ3) is 4.81. The molecule has 8 aromatic carbocycles. The van der Waals surface area contributed by atoms with Crippen LogP contribution >= 0.6 is 0 Å². The molecule has 0 spiro atoms. The van der Waals surface area contributed by atoms with Gasteiger partial charge in [-0.1, -0.05) is 84.9 Å². The van der Waals surface area contributed by atoms with Gasteiger partial charge < -0.3 is 18.0 Å². The minimum Gasteiger partial charge on any atom is -0.456 e. The molecular formula is C50H26F6N2O2. The lowest BCUT2D eigenvalue weighted by Crippen LogP contribution is -2.12. The predicted octanol–water partition coefficient (Wildman–Crippen LogP) is 15.4. The first-order chi connectivity index (χ1) is 29.0. The largest absolute Gasteiger partial charge is 0.456 e. The fourth-order valence-corrected chi connectivity index (χ4v) is 9.30. The Morgan fingerprint density at radius 2 is 0.867 bits per heavy atom. The highest BCUT2D eigenvalue weighted by molar-refractivity contribution is 6.26. The molecule has 0 atom stereocenters. The maximum absolute atomic E-state index is 15.8. The first-order valence-corrected chi connectivity index (χ1v) is 19.1. The minimum atomic E-state index is -4.98. The first-order valence-electron chi connectivity index (χ1n) is 19.1. The molecule has 0 unspecified atom stereocenters.